The third-order valence-corrected chi connectivity index (χ3v) is 4.43. The number of primary amides is 1. The van der Waals surface area contributed by atoms with Crippen LogP contribution in [-0.2, 0) is 4.79 Å². The van der Waals surface area contributed by atoms with E-state index in [-0.39, 0.29) is 5.91 Å². The molecule has 0 aliphatic carbocycles. The minimum absolute atomic E-state index is 0.352. The van der Waals surface area contributed by atoms with E-state index in [1.54, 1.807) is 0 Å². The smallest absolute Gasteiger partial charge is 0.237 e. The maximum Gasteiger partial charge on any atom is 0.237 e. The zero-order valence-corrected chi connectivity index (χ0v) is 14.1. The molecule has 1 fully saturated rings. The molecule has 0 radical (unpaired) electrons. The monoisotopic (exact) mass is 299 g/mol. The van der Waals surface area contributed by atoms with Crippen LogP contribution in [0.15, 0.2) is 0 Å². The highest BCUT2D eigenvalue weighted by atomic mass is 16.3. The summed E-state index contributed by atoms with van der Waals surface area (Å²) < 4.78 is 0. The highest BCUT2D eigenvalue weighted by Crippen LogP contribution is 2.17. The van der Waals surface area contributed by atoms with Crippen LogP contribution in [0.4, 0.5) is 0 Å². The van der Waals surface area contributed by atoms with Crippen LogP contribution >= 0.6 is 0 Å². The number of nitrogens with two attached hydrogens (primary N) is 1. The predicted molar refractivity (Wildman–Crippen MR) is 85.9 cm³/mol. The van der Waals surface area contributed by atoms with Crippen molar-refractivity contribution in [3.8, 4) is 0 Å². The largest absolute Gasteiger partial charge is 0.390 e. The van der Waals surface area contributed by atoms with Gasteiger partial charge in [-0.15, -0.1) is 0 Å². The number of nitrogens with one attached hydrogen (secondary N) is 1. The molecule has 2 atom stereocenters. The van der Waals surface area contributed by atoms with Crippen LogP contribution in [-0.4, -0.2) is 53.7 Å². The van der Waals surface area contributed by atoms with Gasteiger partial charge in [0.1, 0.15) is 0 Å². The maximum absolute atomic E-state index is 11.7. The highest BCUT2D eigenvalue weighted by Gasteiger charge is 2.32. The normalized spacial score (nSPS) is 22.2. The van der Waals surface area contributed by atoms with Gasteiger partial charge in [0, 0.05) is 13.1 Å². The van der Waals surface area contributed by atoms with Crippen molar-refractivity contribution in [2.75, 3.05) is 26.2 Å². The summed E-state index contributed by atoms with van der Waals surface area (Å²) in [4.78, 5) is 14.0. The fourth-order valence-electron chi connectivity index (χ4n) is 3.03. The lowest BCUT2D eigenvalue weighted by Crippen LogP contribution is -2.56. The maximum atomic E-state index is 11.7. The van der Waals surface area contributed by atoms with Gasteiger partial charge in [0.2, 0.25) is 5.91 Å². The summed E-state index contributed by atoms with van der Waals surface area (Å²) in [5.41, 5.74) is 4.77. The Labute approximate surface area is 129 Å². The molecule has 21 heavy (non-hydrogen) atoms. The number of carbonyl (C=O) groups excluding carboxylic acids is 1. The molecule has 0 bridgehead atoms. The van der Waals surface area contributed by atoms with Crippen molar-refractivity contribution in [1.82, 2.24) is 10.2 Å². The fourth-order valence-corrected chi connectivity index (χ4v) is 3.03. The van der Waals surface area contributed by atoms with E-state index >= 15 is 0 Å². The first-order valence-corrected chi connectivity index (χ1v) is 8.18. The molecule has 5 nitrogen and oxygen atoms in total. The molecule has 0 aromatic heterocycles. The van der Waals surface area contributed by atoms with Gasteiger partial charge in [-0.05, 0) is 51.1 Å². The van der Waals surface area contributed by atoms with E-state index in [2.05, 4.69) is 31.0 Å². The Hall–Kier alpha value is -0.650. The minimum Gasteiger partial charge on any atom is -0.390 e. The highest BCUT2D eigenvalue weighted by molar-refractivity contribution is 5.84. The third-order valence-electron chi connectivity index (χ3n) is 4.43. The molecule has 0 saturated carbocycles. The van der Waals surface area contributed by atoms with Gasteiger partial charge in [-0.1, -0.05) is 20.8 Å². The van der Waals surface area contributed by atoms with Crippen LogP contribution < -0.4 is 11.1 Å². The Morgan fingerprint density at radius 2 is 2.00 bits per heavy atom. The minimum atomic E-state index is -0.744. The van der Waals surface area contributed by atoms with Crippen molar-refractivity contribution in [2.24, 2.45) is 17.6 Å². The average Bonchev–Trinajstić information content (AvgIpc) is 2.38. The molecular weight excluding hydrogens is 266 g/mol. The molecule has 5 heteroatoms. The van der Waals surface area contributed by atoms with E-state index in [4.69, 9.17) is 5.73 Å². The van der Waals surface area contributed by atoms with Gasteiger partial charge in [0.05, 0.1) is 11.6 Å². The van der Waals surface area contributed by atoms with E-state index < -0.39 is 11.6 Å². The molecule has 1 saturated heterocycles. The van der Waals surface area contributed by atoms with E-state index in [1.807, 2.05) is 6.92 Å². The van der Waals surface area contributed by atoms with Crippen LogP contribution in [0.25, 0.3) is 0 Å². The van der Waals surface area contributed by atoms with Gasteiger partial charge in [0.25, 0.3) is 0 Å². The lowest BCUT2D eigenvalue weighted by molar-refractivity contribution is -0.124. The van der Waals surface area contributed by atoms with Crippen molar-refractivity contribution in [1.29, 1.82) is 0 Å². The molecule has 0 spiro atoms. The van der Waals surface area contributed by atoms with Crippen molar-refractivity contribution in [3.63, 3.8) is 0 Å². The summed E-state index contributed by atoms with van der Waals surface area (Å²) in [5.74, 6) is 0.812. The molecule has 0 aromatic rings. The summed E-state index contributed by atoms with van der Waals surface area (Å²) in [6.45, 7) is 11.4. The predicted octanol–water partition coefficient (Wildman–Crippen LogP) is 0.959. The molecule has 1 rings (SSSR count). The summed E-state index contributed by atoms with van der Waals surface area (Å²) >= 11 is 0. The first kappa shape index (κ1) is 18.4. The lowest BCUT2D eigenvalue weighted by Gasteiger charge is -2.34. The van der Waals surface area contributed by atoms with Crippen LogP contribution in [0.3, 0.4) is 0 Å². The molecule has 1 heterocycles. The Kier molecular flexibility index (Phi) is 7.10. The zero-order valence-electron chi connectivity index (χ0n) is 14.1. The van der Waals surface area contributed by atoms with Crippen molar-refractivity contribution < 1.29 is 9.90 Å². The van der Waals surface area contributed by atoms with Crippen molar-refractivity contribution in [2.45, 2.75) is 58.6 Å². The first-order valence-electron chi connectivity index (χ1n) is 8.18. The van der Waals surface area contributed by atoms with Crippen LogP contribution in [0.5, 0.6) is 0 Å². The summed E-state index contributed by atoms with van der Waals surface area (Å²) in [5, 5.41) is 13.4. The number of likely N-dealkylation sites (tertiary alicyclic amines) is 1. The molecule has 2 unspecified atom stereocenters. The second-order valence-electron chi connectivity index (χ2n) is 7.31. The number of carbonyl (C=O) groups is 1. The van der Waals surface area contributed by atoms with Gasteiger partial charge in [-0.25, -0.2) is 0 Å². The quantitative estimate of drug-likeness (QED) is 0.624. The standard InChI is InChI=1S/C16H33N3O2/c1-12(2)9-16(4,15(17)21)18-10-14(20)11-19-7-5-13(3)6-8-19/h12-14,18,20H,5-11H2,1-4H3,(H2,17,21). The van der Waals surface area contributed by atoms with Gasteiger partial charge < -0.3 is 21.1 Å². The molecule has 124 valence electrons. The van der Waals surface area contributed by atoms with Crippen LogP contribution in [0, 0.1) is 11.8 Å². The number of piperidine rings is 1. The molecule has 4 N–H and O–H groups in total. The number of rotatable bonds is 8. The number of β-amino-alcohol motifs (C(OH)–C–C–N with tert-alkyl or cyclic N) is 1. The topological polar surface area (TPSA) is 78.6 Å². The van der Waals surface area contributed by atoms with Crippen molar-refractivity contribution in [3.05, 3.63) is 0 Å². The Bertz CT molecular complexity index is 327. The van der Waals surface area contributed by atoms with E-state index in [9.17, 15) is 9.90 Å². The van der Waals surface area contributed by atoms with Gasteiger partial charge in [-0.3, -0.25) is 4.79 Å². The van der Waals surface area contributed by atoms with Crippen LogP contribution in [0.2, 0.25) is 0 Å². The number of amides is 1. The molecule has 0 aromatic carbocycles. The number of aliphatic hydroxyl groups excluding tert-OH is 1. The Balaban J connectivity index is 2.39. The van der Waals surface area contributed by atoms with E-state index in [0.29, 0.717) is 25.4 Å². The second-order valence-corrected chi connectivity index (χ2v) is 7.31. The Morgan fingerprint density at radius 3 is 2.48 bits per heavy atom. The van der Waals surface area contributed by atoms with Gasteiger partial charge in [-0.2, -0.15) is 0 Å². The Morgan fingerprint density at radius 1 is 1.43 bits per heavy atom. The van der Waals surface area contributed by atoms with Crippen LogP contribution in [0.1, 0.15) is 47.0 Å². The molecule has 1 aliphatic rings. The average molecular weight is 299 g/mol. The number of hydrogen-bond acceptors (Lipinski definition) is 4. The van der Waals surface area contributed by atoms with E-state index in [1.165, 1.54) is 12.8 Å². The van der Waals surface area contributed by atoms with Gasteiger partial charge >= 0.3 is 0 Å². The third kappa shape index (κ3) is 6.32. The molecule has 1 amide bonds. The lowest BCUT2D eigenvalue weighted by atomic mass is 9.90. The SMILES string of the molecule is CC(C)CC(C)(NCC(O)CN1CCC(C)CC1)C(N)=O. The summed E-state index contributed by atoms with van der Waals surface area (Å²) in [7, 11) is 0. The summed E-state index contributed by atoms with van der Waals surface area (Å²) in [6, 6.07) is 0. The van der Waals surface area contributed by atoms with E-state index in [0.717, 1.165) is 19.0 Å². The number of nitrogens with zero attached hydrogens (tertiary/aromatic N) is 1. The number of hydrogen-bond donors (Lipinski definition) is 3. The number of aliphatic hydroxyl groups is 1. The molecular formula is C16H33N3O2. The van der Waals surface area contributed by atoms with Gasteiger partial charge in [0.15, 0.2) is 0 Å². The first-order chi connectivity index (χ1) is 9.73. The van der Waals surface area contributed by atoms with Crippen molar-refractivity contribution >= 4 is 5.91 Å². The molecule has 1 aliphatic heterocycles. The zero-order chi connectivity index (χ0) is 16.0. The second kappa shape index (κ2) is 8.11. The fraction of sp³-hybridized carbons (Fsp3) is 0.938. The summed E-state index contributed by atoms with van der Waals surface area (Å²) in [6.07, 6.45) is 2.61.